The molecule has 1 fully saturated rings. The van der Waals surface area contributed by atoms with Crippen LogP contribution in [0.1, 0.15) is 45.8 Å². The Morgan fingerprint density at radius 1 is 1.28 bits per heavy atom. The summed E-state index contributed by atoms with van der Waals surface area (Å²) in [6.45, 7) is 3.12. The molecule has 0 radical (unpaired) electrons. The number of ether oxygens (including phenoxy) is 1. The largest absolute Gasteiger partial charge is 0.376 e. The molecule has 6 rings (SSSR count). The second-order valence-corrected chi connectivity index (χ2v) is 8.42. The summed E-state index contributed by atoms with van der Waals surface area (Å²) < 4.78 is 21.9. The topological polar surface area (TPSA) is 63.2 Å². The Bertz CT molecular complexity index is 1130. The molecule has 7 heteroatoms. The Kier molecular flexibility index (Phi) is 3.81. The Morgan fingerprint density at radius 3 is 3.03 bits per heavy atom. The van der Waals surface area contributed by atoms with Crippen LogP contribution in [0.25, 0.3) is 10.9 Å². The fourth-order valence-corrected chi connectivity index (χ4v) is 4.70. The van der Waals surface area contributed by atoms with Crippen molar-refractivity contribution in [3.05, 3.63) is 52.2 Å². The van der Waals surface area contributed by atoms with Crippen molar-refractivity contribution in [3.8, 4) is 0 Å². The Balaban J connectivity index is 1.34. The molecule has 0 bridgehead atoms. The van der Waals surface area contributed by atoms with Gasteiger partial charge in [-0.2, -0.15) is 5.10 Å². The Morgan fingerprint density at radius 2 is 2.17 bits per heavy atom. The van der Waals surface area contributed by atoms with Gasteiger partial charge in [-0.05, 0) is 24.8 Å². The van der Waals surface area contributed by atoms with Gasteiger partial charge >= 0.3 is 0 Å². The summed E-state index contributed by atoms with van der Waals surface area (Å²) in [7, 11) is 0. The van der Waals surface area contributed by atoms with Gasteiger partial charge in [0, 0.05) is 60.4 Å². The molecule has 3 aliphatic rings. The summed E-state index contributed by atoms with van der Waals surface area (Å²) in [6.07, 6.45) is 4.01. The lowest BCUT2D eigenvalue weighted by Crippen LogP contribution is -2.36. The molecule has 1 saturated carbocycles. The number of halogens is 1. The van der Waals surface area contributed by atoms with Gasteiger partial charge in [0.2, 0.25) is 0 Å². The van der Waals surface area contributed by atoms with E-state index in [-0.39, 0.29) is 11.7 Å². The number of carbonyl (C=O) groups excluding carboxylic acids is 1. The van der Waals surface area contributed by atoms with E-state index in [2.05, 4.69) is 9.67 Å². The number of carbonyl (C=O) groups is 1. The summed E-state index contributed by atoms with van der Waals surface area (Å²) in [4.78, 5) is 18.5. The third-order valence-electron chi connectivity index (χ3n) is 6.47. The van der Waals surface area contributed by atoms with Gasteiger partial charge in [0.25, 0.3) is 5.91 Å². The van der Waals surface area contributed by atoms with Crippen molar-refractivity contribution in [2.45, 2.75) is 45.4 Å². The number of aromatic amines is 1. The van der Waals surface area contributed by atoms with Crippen LogP contribution in [0, 0.1) is 11.7 Å². The van der Waals surface area contributed by atoms with Crippen molar-refractivity contribution >= 4 is 16.8 Å². The second-order valence-electron chi connectivity index (χ2n) is 8.42. The van der Waals surface area contributed by atoms with Gasteiger partial charge in [-0.3, -0.25) is 9.48 Å². The highest BCUT2D eigenvalue weighted by Gasteiger charge is 2.33. The van der Waals surface area contributed by atoms with Crippen LogP contribution in [-0.4, -0.2) is 38.7 Å². The molecular weight excluding hydrogens is 371 g/mol. The van der Waals surface area contributed by atoms with Crippen LogP contribution in [-0.2, 0) is 37.3 Å². The molecule has 1 amide bonds. The average Bonchev–Trinajstić information content (AvgIpc) is 3.37. The van der Waals surface area contributed by atoms with Crippen LogP contribution >= 0.6 is 0 Å². The van der Waals surface area contributed by atoms with E-state index in [1.54, 1.807) is 6.07 Å². The maximum atomic E-state index is 14.2. The number of hydrogen-bond donors (Lipinski definition) is 1. The van der Waals surface area contributed by atoms with Crippen LogP contribution in [0.4, 0.5) is 4.39 Å². The first kappa shape index (κ1) is 17.2. The Labute approximate surface area is 167 Å². The molecule has 0 unspecified atom stereocenters. The van der Waals surface area contributed by atoms with Gasteiger partial charge in [0.05, 0.1) is 18.7 Å². The average molecular weight is 394 g/mol. The molecule has 1 N–H and O–H groups in total. The number of benzene rings is 1. The lowest BCUT2D eigenvalue weighted by Gasteiger charge is -2.27. The number of rotatable bonds is 3. The van der Waals surface area contributed by atoms with Crippen LogP contribution in [0.5, 0.6) is 0 Å². The van der Waals surface area contributed by atoms with E-state index in [4.69, 9.17) is 9.84 Å². The quantitative estimate of drug-likeness (QED) is 0.742. The molecule has 29 heavy (non-hydrogen) atoms. The van der Waals surface area contributed by atoms with Gasteiger partial charge in [0.1, 0.15) is 5.82 Å². The number of H-pyrrole nitrogens is 1. The number of fused-ring (bicyclic) bond motifs is 4. The predicted molar refractivity (Wildman–Crippen MR) is 105 cm³/mol. The summed E-state index contributed by atoms with van der Waals surface area (Å²) in [5, 5.41) is 5.61. The van der Waals surface area contributed by atoms with Gasteiger partial charge in [-0.1, -0.05) is 12.1 Å². The second kappa shape index (κ2) is 6.42. The van der Waals surface area contributed by atoms with E-state index in [9.17, 15) is 9.18 Å². The number of nitrogens with one attached hydrogen (secondary N) is 1. The monoisotopic (exact) mass is 394 g/mol. The zero-order valence-corrected chi connectivity index (χ0v) is 16.2. The van der Waals surface area contributed by atoms with Crippen LogP contribution in [0.15, 0.2) is 18.2 Å². The van der Waals surface area contributed by atoms with Gasteiger partial charge < -0.3 is 14.6 Å². The van der Waals surface area contributed by atoms with Crippen LogP contribution in [0.3, 0.4) is 0 Å². The molecule has 1 aromatic carbocycles. The number of amides is 1. The molecule has 0 saturated heterocycles. The van der Waals surface area contributed by atoms with Gasteiger partial charge in [0.15, 0.2) is 5.69 Å². The lowest BCUT2D eigenvalue weighted by molar-refractivity contribution is 0.0716. The zero-order valence-electron chi connectivity index (χ0n) is 16.2. The molecule has 6 nitrogen and oxygen atoms in total. The third-order valence-corrected chi connectivity index (χ3v) is 6.47. The number of aromatic nitrogens is 3. The van der Waals surface area contributed by atoms with Crippen LogP contribution in [0.2, 0.25) is 0 Å². The fraction of sp³-hybridized carbons (Fsp3) is 0.455. The summed E-state index contributed by atoms with van der Waals surface area (Å²) >= 11 is 0. The number of hydrogen-bond acceptors (Lipinski definition) is 3. The first-order valence-corrected chi connectivity index (χ1v) is 10.4. The van der Waals surface area contributed by atoms with E-state index in [1.807, 2.05) is 11.0 Å². The highest BCUT2D eigenvalue weighted by molar-refractivity contribution is 5.95. The first-order chi connectivity index (χ1) is 14.2. The summed E-state index contributed by atoms with van der Waals surface area (Å²) in [5.41, 5.74) is 5.23. The predicted octanol–water partition coefficient (Wildman–Crippen LogP) is 3.18. The fourth-order valence-electron chi connectivity index (χ4n) is 4.70. The zero-order chi connectivity index (χ0) is 19.5. The molecule has 0 spiro atoms. The number of nitrogens with zero attached hydrogens (tertiary/aromatic N) is 3. The van der Waals surface area contributed by atoms with E-state index in [0.717, 1.165) is 35.2 Å². The maximum absolute atomic E-state index is 14.2. The molecule has 0 atom stereocenters. The highest BCUT2D eigenvalue weighted by atomic mass is 19.1. The maximum Gasteiger partial charge on any atom is 0.275 e. The normalized spacial score (nSPS) is 18.7. The van der Waals surface area contributed by atoms with Gasteiger partial charge in [-0.15, -0.1) is 0 Å². The minimum Gasteiger partial charge on any atom is -0.376 e. The SMILES string of the molecule is O=C(c1nn(CC2CC2)c2c1COCC2)N1CCc2[nH]c3c(F)cccc3c2C1. The number of para-hydroxylation sites is 1. The Hall–Kier alpha value is -2.67. The summed E-state index contributed by atoms with van der Waals surface area (Å²) in [6, 6.07) is 5.10. The van der Waals surface area contributed by atoms with E-state index < -0.39 is 0 Å². The van der Waals surface area contributed by atoms with Crippen molar-refractivity contribution in [2.24, 2.45) is 5.92 Å². The van der Waals surface area contributed by atoms with Crippen LogP contribution < -0.4 is 0 Å². The third kappa shape index (κ3) is 2.79. The molecule has 1 aliphatic carbocycles. The highest BCUT2D eigenvalue weighted by Crippen LogP contribution is 2.33. The standard InChI is InChI=1S/C22H23FN4O2/c23-17-3-1-2-14-15-11-26(8-6-18(15)24-20(14)17)22(28)21-16-12-29-9-7-19(16)27(25-21)10-13-4-5-13/h1-3,13,24H,4-12H2. The van der Waals surface area contributed by atoms with Crippen molar-refractivity contribution < 1.29 is 13.9 Å². The van der Waals surface area contributed by atoms with E-state index in [1.165, 1.54) is 24.6 Å². The minimum absolute atomic E-state index is 0.0438. The first-order valence-electron chi connectivity index (χ1n) is 10.4. The smallest absolute Gasteiger partial charge is 0.275 e. The minimum atomic E-state index is -0.250. The van der Waals surface area contributed by atoms with E-state index in [0.29, 0.717) is 49.9 Å². The molecule has 150 valence electrons. The van der Waals surface area contributed by atoms with E-state index >= 15 is 0 Å². The van der Waals surface area contributed by atoms with Gasteiger partial charge in [-0.25, -0.2) is 4.39 Å². The van der Waals surface area contributed by atoms with Crippen molar-refractivity contribution in [1.29, 1.82) is 0 Å². The molecule has 2 aliphatic heterocycles. The molecule has 2 aromatic heterocycles. The van der Waals surface area contributed by atoms with Crippen molar-refractivity contribution in [3.63, 3.8) is 0 Å². The lowest BCUT2D eigenvalue weighted by atomic mass is 10.0. The summed E-state index contributed by atoms with van der Waals surface area (Å²) in [5.74, 6) is 0.404. The molecule has 4 heterocycles. The van der Waals surface area contributed by atoms with Crippen molar-refractivity contribution in [1.82, 2.24) is 19.7 Å². The van der Waals surface area contributed by atoms with Crippen molar-refractivity contribution in [2.75, 3.05) is 13.2 Å². The molecule has 3 aromatic rings. The molecular formula is C22H23FN4O2.